The molecule has 5 rings (SSSR count). The van der Waals surface area contributed by atoms with Crippen LogP contribution < -0.4 is 5.43 Å². The molecule has 4 saturated carbocycles. The molecular formula is C15H25N3O. The summed E-state index contributed by atoms with van der Waals surface area (Å²) in [5.41, 5.74) is 3.50. The molecule has 1 heterocycles. The second kappa shape index (κ2) is 4.97. The number of morpholine rings is 1. The van der Waals surface area contributed by atoms with Gasteiger partial charge in [-0.15, -0.1) is 0 Å². The molecule has 0 aromatic carbocycles. The molecule has 5 fully saturated rings. The van der Waals surface area contributed by atoms with Crippen molar-refractivity contribution in [2.45, 2.75) is 38.1 Å². The van der Waals surface area contributed by atoms with Crippen molar-refractivity contribution in [1.29, 1.82) is 0 Å². The van der Waals surface area contributed by atoms with Crippen LogP contribution in [0.1, 0.15) is 32.1 Å². The van der Waals surface area contributed by atoms with Gasteiger partial charge >= 0.3 is 0 Å². The van der Waals surface area contributed by atoms with Crippen molar-refractivity contribution in [3.05, 3.63) is 0 Å². The molecule has 0 aromatic heterocycles. The van der Waals surface area contributed by atoms with E-state index in [1.807, 2.05) is 6.34 Å². The van der Waals surface area contributed by atoms with Crippen LogP contribution in [0.15, 0.2) is 5.10 Å². The van der Waals surface area contributed by atoms with E-state index in [1.54, 1.807) is 0 Å². The Morgan fingerprint density at radius 1 is 0.947 bits per heavy atom. The Morgan fingerprint density at radius 3 is 2.21 bits per heavy atom. The molecule has 0 amide bonds. The summed E-state index contributed by atoms with van der Waals surface area (Å²) in [6, 6.07) is 0.657. The van der Waals surface area contributed by atoms with Crippen molar-refractivity contribution in [3.8, 4) is 0 Å². The molecule has 1 N–H and O–H groups in total. The van der Waals surface area contributed by atoms with Crippen LogP contribution in [0.3, 0.4) is 0 Å². The standard InChI is InChI=1S/C15H25N3O/c1-3-19-4-2-18(1)10-16-17-15-13-6-11-5-12(8-13)9-14(15)7-11/h10-15,17H,1-9H2/b16-10+. The molecule has 106 valence electrons. The van der Waals surface area contributed by atoms with Crippen LogP contribution >= 0.6 is 0 Å². The molecule has 4 aliphatic carbocycles. The second-order valence-electron chi connectivity index (χ2n) is 6.98. The molecule has 0 atom stereocenters. The minimum Gasteiger partial charge on any atom is -0.378 e. The van der Waals surface area contributed by atoms with Gasteiger partial charge in [-0.1, -0.05) is 0 Å². The van der Waals surface area contributed by atoms with Gasteiger partial charge < -0.3 is 15.1 Å². The molecular weight excluding hydrogens is 238 g/mol. The van der Waals surface area contributed by atoms with Crippen LogP contribution in [0.2, 0.25) is 0 Å². The zero-order chi connectivity index (χ0) is 12.7. The van der Waals surface area contributed by atoms with E-state index in [1.165, 1.54) is 32.1 Å². The Labute approximate surface area is 115 Å². The van der Waals surface area contributed by atoms with Gasteiger partial charge in [-0.25, -0.2) is 0 Å². The summed E-state index contributed by atoms with van der Waals surface area (Å²) < 4.78 is 5.35. The lowest BCUT2D eigenvalue weighted by Gasteiger charge is -2.54. The summed E-state index contributed by atoms with van der Waals surface area (Å²) in [5.74, 6) is 3.89. The Balaban J connectivity index is 1.34. The van der Waals surface area contributed by atoms with Crippen LogP contribution in [0.25, 0.3) is 0 Å². The monoisotopic (exact) mass is 263 g/mol. The third kappa shape index (κ3) is 2.35. The zero-order valence-corrected chi connectivity index (χ0v) is 11.6. The largest absolute Gasteiger partial charge is 0.378 e. The van der Waals surface area contributed by atoms with E-state index >= 15 is 0 Å². The summed E-state index contributed by atoms with van der Waals surface area (Å²) >= 11 is 0. The van der Waals surface area contributed by atoms with E-state index in [4.69, 9.17) is 4.74 Å². The maximum absolute atomic E-state index is 5.35. The van der Waals surface area contributed by atoms with Crippen molar-refractivity contribution in [2.24, 2.45) is 28.8 Å². The Hall–Kier alpha value is -0.770. The summed E-state index contributed by atoms with van der Waals surface area (Å²) in [6.45, 7) is 3.63. The molecule has 0 unspecified atom stereocenters. The number of nitrogens with one attached hydrogen (secondary N) is 1. The zero-order valence-electron chi connectivity index (χ0n) is 11.6. The second-order valence-corrected chi connectivity index (χ2v) is 6.98. The van der Waals surface area contributed by atoms with Gasteiger partial charge in [0.15, 0.2) is 0 Å². The van der Waals surface area contributed by atoms with E-state index in [0.29, 0.717) is 6.04 Å². The van der Waals surface area contributed by atoms with Crippen LogP contribution in [0, 0.1) is 23.7 Å². The number of ether oxygens (including phenoxy) is 1. The van der Waals surface area contributed by atoms with Crippen LogP contribution in [0.5, 0.6) is 0 Å². The number of hydrazone groups is 1. The molecule has 0 spiro atoms. The number of hydrogen-bond donors (Lipinski definition) is 1. The highest BCUT2D eigenvalue weighted by molar-refractivity contribution is 5.54. The minimum atomic E-state index is 0.657. The van der Waals surface area contributed by atoms with Crippen molar-refractivity contribution >= 4 is 6.34 Å². The molecule has 4 bridgehead atoms. The fourth-order valence-corrected chi connectivity index (χ4v) is 5.03. The molecule has 0 radical (unpaired) electrons. The van der Waals surface area contributed by atoms with Crippen LogP contribution in [0.4, 0.5) is 0 Å². The predicted molar refractivity (Wildman–Crippen MR) is 74.9 cm³/mol. The average molecular weight is 263 g/mol. The molecule has 0 aromatic rings. The first-order valence-electron chi connectivity index (χ1n) is 7.99. The Bertz CT molecular complexity index is 323. The average Bonchev–Trinajstić information content (AvgIpc) is 2.42. The molecule has 19 heavy (non-hydrogen) atoms. The first kappa shape index (κ1) is 12.0. The summed E-state index contributed by atoms with van der Waals surface area (Å²) in [7, 11) is 0. The quantitative estimate of drug-likeness (QED) is 0.478. The van der Waals surface area contributed by atoms with Gasteiger partial charge in [0.1, 0.15) is 6.34 Å². The lowest BCUT2D eigenvalue weighted by atomic mass is 9.54. The highest BCUT2D eigenvalue weighted by Gasteiger charge is 2.48. The third-order valence-electron chi connectivity index (χ3n) is 5.72. The van der Waals surface area contributed by atoms with Gasteiger partial charge in [0.25, 0.3) is 0 Å². The SMILES string of the molecule is C(=N\NC1C2CC3CC(C2)CC1C3)/N1CCOCC1. The van der Waals surface area contributed by atoms with Crippen LogP contribution in [-0.4, -0.2) is 43.6 Å². The molecule has 5 aliphatic rings. The number of nitrogens with zero attached hydrogens (tertiary/aromatic N) is 2. The van der Waals surface area contributed by atoms with Crippen molar-refractivity contribution in [1.82, 2.24) is 10.3 Å². The van der Waals surface area contributed by atoms with Gasteiger partial charge in [-0.05, 0) is 55.8 Å². The Kier molecular flexibility index (Phi) is 3.14. The van der Waals surface area contributed by atoms with E-state index < -0.39 is 0 Å². The number of hydrogen-bond acceptors (Lipinski definition) is 3. The molecule has 4 nitrogen and oxygen atoms in total. The lowest BCUT2D eigenvalue weighted by molar-refractivity contribution is -0.0134. The summed E-state index contributed by atoms with van der Waals surface area (Å²) in [4.78, 5) is 2.26. The Morgan fingerprint density at radius 2 is 1.58 bits per heavy atom. The maximum atomic E-state index is 5.35. The summed E-state index contributed by atoms with van der Waals surface area (Å²) in [5, 5.41) is 4.54. The topological polar surface area (TPSA) is 36.9 Å². The van der Waals surface area contributed by atoms with Crippen molar-refractivity contribution in [3.63, 3.8) is 0 Å². The van der Waals surface area contributed by atoms with E-state index in [-0.39, 0.29) is 0 Å². The van der Waals surface area contributed by atoms with Gasteiger partial charge in [0, 0.05) is 19.1 Å². The molecule has 1 saturated heterocycles. The third-order valence-corrected chi connectivity index (χ3v) is 5.72. The molecule has 1 aliphatic heterocycles. The highest BCUT2D eigenvalue weighted by Crippen LogP contribution is 2.53. The van der Waals surface area contributed by atoms with Crippen molar-refractivity contribution < 1.29 is 4.74 Å². The van der Waals surface area contributed by atoms with E-state index in [0.717, 1.165) is 50.0 Å². The van der Waals surface area contributed by atoms with Gasteiger partial charge in [0.05, 0.1) is 13.2 Å². The maximum Gasteiger partial charge on any atom is 0.111 e. The number of rotatable bonds is 3. The predicted octanol–water partition coefficient (Wildman–Crippen LogP) is 1.68. The van der Waals surface area contributed by atoms with Gasteiger partial charge in [0.2, 0.25) is 0 Å². The van der Waals surface area contributed by atoms with Gasteiger partial charge in [-0.2, -0.15) is 5.10 Å². The fourth-order valence-electron chi connectivity index (χ4n) is 5.03. The molecule has 4 heteroatoms. The smallest absolute Gasteiger partial charge is 0.111 e. The van der Waals surface area contributed by atoms with E-state index in [9.17, 15) is 0 Å². The normalized spacial score (nSPS) is 45.1. The van der Waals surface area contributed by atoms with Crippen molar-refractivity contribution in [2.75, 3.05) is 26.3 Å². The van der Waals surface area contributed by atoms with Gasteiger partial charge in [-0.3, -0.25) is 0 Å². The lowest BCUT2D eigenvalue weighted by Crippen LogP contribution is -2.53. The fraction of sp³-hybridized carbons (Fsp3) is 0.933. The first-order chi connectivity index (χ1) is 9.38. The minimum absolute atomic E-state index is 0.657. The van der Waals surface area contributed by atoms with Crippen LogP contribution in [-0.2, 0) is 4.74 Å². The highest BCUT2D eigenvalue weighted by atomic mass is 16.5. The van der Waals surface area contributed by atoms with E-state index in [2.05, 4.69) is 15.4 Å². The first-order valence-corrected chi connectivity index (χ1v) is 7.99. The summed E-state index contributed by atoms with van der Waals surface area (Å²) in [6.07, 6.45) is 9.34.